The highest BCUT2D eigenvalue weighted by molar-refractivity contribution is 5.81. The van der Waals surface area contributed by atoms with E-state index in [2.05, 4.69) is 0 Å². The van der Waals surface area contributed by atoms with Gasteiger partial charge in [-0.15, -0.1) is 0 Å². The zero-order chi connectivity index (χ0) is 25.7. The number of hydrogen-bond acceptors (Lipinski definition) is 11. The molecule has 11 nitrogen and oxygen atoms in total. The van der Waals surface area contributed by atoms with Crippen LogP contribution in [0.3, 0.4) is 0 Å². The van der Waals surface area contributed by atoms with Crippen LogP contribution in [0.5, 0.6) is 11.5 Å². The first-order chi connectivity index (χ1) is 16.1. The van der Waals surface area contributed by atoms with E-state index in [1.165, 1.54) is 19.2 Å². The smallest absolute Gasteiger partial charge is 0.468 e. The molecule has 0 aliphatic carbocycles. The molecule has 0 fully saturated rings. The monoisotopic (exact) mass is 483 g/mol. The molecule has 190 valence electrons. The van der Waals surface area contributed by atoms with Crippen molar-refractivity contribution in [3.63, 3.8) is 0 Å². The molecule has 1 aromatic carbocycles. The molecule has 0 aromatic heterocycles. The SMILES string of the molecule is CCOC(=O)Oc1ccc(C[C@@](N)(CCCOC(=O)C(C)C)C(=O)OC)cc1OC(=O)OCC. The molecule has 0 saturated heterocycles. The Morgan fingerprint density at radius 3 is 2.06 bits per heavy atom. The van der Waals surface area contributed by atoms with Crippen molar-refractivity contribution in [1.29, 1.82) is 0 Å². The Balaban J connectivity index is 3.08. The van der Waals surface area contributed by atoms with Gasteiger partial charge >= 0.3 is 24.2 Å². The minimum atomic E-state index is -1.45. The van der Waals surface area contributed by atoms with Gasteiger partial charge in [-0.1, -0.05) is 19.9 Å². The molecule has 0 heterocycles. The van der Waals surface area contributed by atoms with Crippen molar-refractivity contribution in [3.8, 4) is 11.5 Å². The molecule has 0 amide bonds. The number of methoxy groups -OCH3 is 1. The van der Waals surface area contributed by atoms with Crippen LogP contribution in [0.15, 0.2) is 18.2 Å². The second-order valence-corrected chi connectivity index (χ2v) is 7.60. The highest BCUT2D eigenvalue weighted by Crippen LogP contribution is 2.31. The Hall–Kier alpha value is -3.34. The normalized spacial score (nSPS) is 12.3. The van der Waals surface area contributed by atoms with Crippen molar-refractivity contribution in [2.75, 3.05) is 26.9 Å². The van der Waals surface area contributed by atoms with E-state index in [4.69, 9.17) is 34.2 Å². The molecule has 0 spiro atoms. The maximum atomic E-state index is 12.5. The van der Waals surface area contributed by atoms with Gasteiger partial charge in [0.15, 0.2) is 11.5 Å². The van der Waals surface area contributed by atoms with Crippen molar-refractivity contribution < 1.29 is 47.6 Å². The lowest BCUT2D eigenvalue weighted by Gasteiger charge is -2.27. The highest BCUT2D eigenvalue weighted by atomic mass is 16.7. The van der Waals surface area contributed by atoms with Crippen LogP contribution < -0.4 is 15.2 Å². The molecule has 1 rings (SSSR count). The van der Waals surface area contributed by atoms with Crippen LogP contribution in [-0.4, -0.2) is 56.7 Å². The fourth-order valence-corrected chi connectivity index (χ4v) is 2.86. The maximum absolute atomic E-state index is 12.5. The summed E-state index contributed by atoms with van der Waals surface area (Å²) in [6.45, 7) is 6.90. The number of esters is 2. The zero-order valence-corrected chi connectivity index (χ0v) is 20.2. The van der Waals surface area contributed by atoms with E-state index in [0.29, 0.717) is 12.0 Å². The fourth-order valence-electron chi connectivity index (χ4n) is 2.86. The van der Waals surface area contributed by atoms with Gasteiger partial charge in [-0.25, -0.2) is 9.59 Å². The van der Waals surface area contributed by atoms with Gasteiger partial charge in [0.05, 0.1) is 32.8 Å². The van der Waals surface area contributed by atoms with Gasteiger partial charge in [0.1, 0.15) is 5.54 Å². The second-order valence-electron chi connectivity index (χ2n) is 7.60. The standard InChI is InChI=1S/C23H33NO10/c1-6-30-21(27)33-17-10-9-16(13-18(17)34-22(28)31-7-2)14-23(24,20(26)29-5)11-8-12-32-19(25)15(3)4/h9-10,13,15H,6-8,11-12,14,24H2,1-5H3/t23-/m0/s1. The Morgan fingerprint density at radius 1 is 0.941 bits per heavy atom. The fraction of sp³-hybridized carbons (Fsp3) is 0.565. The Kier molecular flexibility index (Phi) is 11.8. The van der Waals surface area contributed by atoms with Crippen LogP contribution in [0.1, 0.15) is 46.1 Å². The summed E-state index contributed by atoms with van der Waals surface area (Å²) >= 11 is 0. The number of benzene rings is 1. The molecular formula is C23H33NO10. The number of carbonyl (C=O) groups excluding carboxylic acids is 4. The van der Waals surface area contributed by atoms with Crippen LogP contribution in [-0.2, 0) is 35.0 Å². The number of rotatable bonds is 12. The number of ether oxygens (including phenoxy) is 6. The van der Waals surface area contributed by atoms with E-state index in [-0.39, 0.29) is 56.0 Å². The summed E-state index contributed by atoms with van der Waals surface area (Å²) < 4.78 is 29.8. The third kappa shape index (κ3) is 9.26. The predicted molar refractivity (Wildman–Crippen MR) is 119 cm³/mol. The lowest BCUT2D eigenvalue weighted by Crippen LogP contribution is -2.50. The third-order valence-corrected chi connectivity index (χ3v) is 4.51. The summed E-state index contributed by atoms with van der Waals surface area (Å²) in [5, 5.41) is 0. The molecular weight excluding hydrogens is 450 g/mol. The molecule has 0 saturated carbocycles. The van der Waals surface area contributed by atoms with E-state index >= 15 is 0 Å². The minimum Gasteiger partial charge on any atom is -0.468 e. The van der Waals surface area contributed by atoms with Crippen LogP contribution in [0, 0.1) is 5.92 Å². The van der Waals surface area contributed by atoms with Gasteiger partial charge in [-0.05, 0) is 44.4 Å². The number of hydrogen-bond donors (Lipinski definition) is 1. The van der Waals surface area contributed by atoms with Gasteiger partial charge in [0.25, 0.3) is 0 Å². The molecule has 1 aromatic rings. The van der Waals surface area contributed by atoms with Gasteiger partial charge in [-0.2, -0.15) is 0 Å². The number of nitrogens with two attached hydrogens (primary N) is 1. The minimum absolute atomic E-state index is 0.00330. The van der Waals surface area contributed by atoms with Gasteiger partial charge in [0, 0.05) is 6.42 Å². The van der Waals surface area contributed by atoms with Crippen molar-refractivity contribution in [1.82, 2.24) is 0 Å². The summed E-state index contributed by atoms with van der Waals surface area (Å²) in [6.07, 6.45) is -1.52. The van der Waals surface area contributed by atoms with E-state index in [1.807, 2.05) is 0 Å². The molecule has 0 aliphatic heterocycles. The van der Waals surface area contributed by atoms with E-state index < -0.39 is 23.8 Å². The first-order valence-corrected chi connectivity index (χ1v) is 10.9. The predicted octanol–water partition coefficient (Wildman–Crippen LogP) is 3.15. The van der Waals surface area contributed by atoms with Crippen molar-refractivity contribution >= 4 is 24.2 Å². The molecule has 0 aliphatic rings. The van der Waals surface area contributed by atoms with E-state index in [9.17, 15) is 19.2 Å². The Morgan fingerprint density at radius 2 is 1.53 bits per heavy atom. The molecule has 1 atom stereocenters. The topological polar surface area (TPSA) is 150 Å². The van der Waals surface area contributed by atoms with Crippen LogP contribution >= 0.6 is 0 Å². The highest BCUT2D eigenvalue weighted by Gasteiger charge is 2.35. The summed E-state index contributed by atoms with van der Waals surface area (Å²) in [4.78, 5) is 47.7. The van der Waals surface area contributed by atoms with Crippen molar-refractivity contribution in [2.45, 2.75) is 52.5 Å². The van der Waals surface area contributed by atoms with Crippen molar-refractivity contribution in [3.05, 3.63) is 23.8 Å². The summed E-state index contributed by atoms with van der Waals surface area (Å²) in [5.41, 5.74) is 5.40. The van der Waals surface area contributed by atoms with E-state index in [1.54, 1.807) is 33.8 Å². The zero-order valence-electron chi connectivity index (χ0n) is 20.2. The van der Waals surface area contributed by atoms with E-state index in [0.717, 1.165) is 0 Å². The van der Waals surface area contributed by atoms with Crippen molar-refractivity contribution in [2.24, 2.45) is 11.7 Å². The lowest BCUT2D eigenvalue weighted by molar-refractivity contribution is -0.148. The quantitative estimate of drug-likeness (QED) is 0.202. The lowest BCUT2D eigenvalue weighted by atomic mass is 9.87. The second kappa shape index (κ2) is 14.0. The van der Waals surface area contributed by atoms with Gasteiger partial charge in [-0.3, -0.25) is 9.59 Å². The van der Waals surface area contributed by atoms with Gasteiger partial charge < -0.3 is 34.2 Å². The summed E-state index contributed by atoms with van der Waals surface area (Å²) in [5.74, 6) is -1.49. The molecule has 0 unspecified atom stereocenters. The van der Waals surface area contributed by atoms with Gasteiger partial charge in [0.2, 0.25) is 0 Å². The average molecular weight is 484 g/mol. The Labute approximate surface area is 198 Å². The molecule has 11 heteroatoms. The summed E-state index contributed by atoms with van der Waals surface area (Å²) in [7, 11) is 1.22. The molecule has 0 radical (unpaired) electrons. The molecule has 0 bridgehead atoms. The molecule has 34 heavy (non-hydrogen) atoms. The van der Waals surface area contributed by atoms with Crippen LogP contribution in [0.2, 0.25) is 0 Å². The van der Waals surface area contributed by atoms with Crippen LogP contribution in [0.25, 0.3) is 0 Å². The maximum Gasteiger partial charge on any atom is 0.513 e. The summed E-state index contributed by atoms with van der Waals surface area (Å²) in [6, 6.07) is 4.33. The van der Waals surface area contributed by atoms with Crippen LogP contribution in [0.4, 0.5) is 9.59 Å². The largest absolute Gasteiger partial charge is 0.513 e. The number of carbonyl (C=O) groups is 4. The average Bonchev–Trinajstić information content (AvgIpc) is 2.78. The molecule has 2 N–H and O–H groups in total. The Bertz CT molecular complexity index is 854. The first kappa shape index (κ1) is 28.7. The third-order valence-electron chi connectivity index (χ3n) is 4.51. The first-order valence-electron chi connectivity index (χ1n) is 10.9.